The van der Waals surface area contributed by atoms with E-state index < -0.39 is 0 Å². The van der Waals surface area contributed by atoms with E-state index in [-0.39, 0.29) is 5.41 Å². The van der Waals surface area contributed by atoms with Gasteiger partial charge in [0.05, 0.1) is 10.7 Å². The van der Waals surface area contributed by atoms with Crippen molar-refractivity contribution in [3.05, 3.63) is 51.5 Å². The van der Waals surface area contributed by atoms with Crippen LogP contribution in [0.2, 0.25) is 0 Å². The number of aryl methyl sites for hydroxylation is 1. The van der Waals surface area contributed by atoms with E-state index in [4.69, 9.17) is 4.98 Å². The van der Waals surface area contributed by atoms with Crippen molar-refractivity contribution in [2.24, 2.45) is 0 Å². The smallest absolute Gasteiger partial charge is 0.0982 e. The van der Waals surface area contributed by atoms with Gasteiger partial charge in [0, 0.05) is 23.4 Å². The highest BCUT2D eigenvalue weighted by molar-refractivity contribution is 7.09. The molecule has 0 radical (unpaired) electrons. The first-order valence-electron chi connectivity index (χ1n) is 7.30. The van der Waals surface area contributed by atoms with E-state index in [9.17, 15) is 0 Å². The molecule has 3 rings (SSSR count). The Labute approximate surface area is 125 Å². The van der Waals surface area contributed by atoms with E-state index in [2.05, 4.69) is 55.7 Å². The van der Waals surface area contributed by atoms with Gasteiger partial charge in [0.15, 0.2) is 0 Å². The molecule has 0 aliphatic heterocycles. The van der Waals surface area contributed by atoms with E-state index in [0.29, 0.717) is 6.04 Å². The fraction of sp³-hybridized carbons (Fsp3) is 0.471. The number of nitrogens with zero attached hydrogens (tertiary/aromatic N) is 1. The normalized spacial score (nSPS) is 18.2. The lowest BCUT2D eigenvalue weighted by atomic mass is 9.98. The van der Waals surface area contributed by atoms with Crippen LogP contribution in [0.3, 0.4) is 0 Å². The van der Waals surface area contributed by atoms with Gasteiger partial charge >= 0.3 is 0 Å². The van der Waals surface area contributed by atoms with Crippen LogP contribution in [-0.2, 0) is 18.4 Å². The lowest BCUT2D eigenvalue weighted by Gasteiger charge is -2.14. The van der Waals surface area contributed by atoms with Crippen LogP contribution in [0.1, 0.15) is 55.1 Å². The van der Waals surface area contributed by atoms with Crippen LogP contribution in [-0.4, -0.2) is 4.98 Å². The third-order valence-corrected chi connectivity index (χ3v) is 5.17. The lowest BCUT2D eigenvalue weighted by Crippen LogP contribution is -2.19. The van der Waals surface area contributed by atoms with Crippen LogP contribution in [0.5, 0.6) is 0 Å². The largest absolute Gasteiger partial charge is 0.304 e. The number of benzene rings is 1. The van der Waals surface area contributed by atoms with Crippen LogP contribution >= 0.6 is 11.3 Å². The highest BCUT2D eigenvalue weighted by Gasteiger charge is 2.22. The van der Waals surface area contributed by atoms with Crippen molar-refractivity contribution in [3.8, 4) is 0 Å². The van der Waals surface area contributed by atoms with Gasteiger partial charge in [-0.3, -0.25) is 0 Å². The third kappa shape index (κ3) is 2.79. The van der Waals surface area contributed by atoms with Gasteiger partial charge in [-0.25, -0.2) is 4.98 Å². The van der Waals surface area contributed by atoms with Gasteiger partial charge in [-0.2, -0.15) is 0 Å². The number of fused-ring (bicyclic) bond motifs is 1. The Morgan fingerprint density at radius 3 is 2.85 bits per heavy atom. The zero-order valence-electron chi connectivity index (χ0n) is 12.4. The summed E-state index contributed by atoms with van der Waals surface area (Å²) in [5.41, 5.74) is 4.30. The van der Waals surface area contributed by atoms with Gasteiger partial charge in [-0.15, -0.1) is 11.3 Å². The van der Waals surface area contributed by atoms with Gasteiger partial charge in [0.2, 0.25) is 0 Å². The highest BCUT2D eigenvalue weighted by atomic mass is 32.1. The molecule has 0 fully saturated rings. The summed E-state index contributed by atoms with van der Waals surface area (Å²) in [6, 6.07) is 9.27. The molecule has 1 aliphatic carbocycles. The predicted molar refractivity (Wildman–Crippen MR) is 85.2 cm³/mol. The molecule has 1 N–H and O–H groups in total. The van der Waals surface area contributed by atoms with Crippen LogP contribution in [0.25, 0.3) is 0 Å². The topological polar surface area (TPSA) is 24.9 Å². The maximum Gasteiger partial charge on any atom is 0.0982 e. The molecule has 2 aromatic rings. The van der Waals surface area contributed by atoms with Gasteiger partial charge < -0.3 is 5.32 Å². The van der Waals surface area contributed by atoms with E-state index in [1.807, 2.05) is 0 Å². The molecule has 3 heteroatoms. The van der Waals surface area contributed by atoms with Crippen LogP contribution in [0.4, 0.5) is 0 Å². The molecule has 1 aromatic heterocycles. The van der Waals surface area contributed by atoms with Crippen LogP contribution in [0, 0.1) is 0 Å². The minimum absolute atomic E-state index is 0.156. The fourth-order valence-electron chi connectivity index (χ4n) is 2.73. The molecular weight excluding hydrogens is 264 g/mol. The first kappa shape index (κ1) is 13.8. The summed E-state index contributed by atoms with van der Waals surface area (Å²) >= 11 is 1.77. The first-order chi connectivity index (χ1) is 9.54. The second kappa shape index (κ2) is 5.30. The average Bonchev–Trinajstić information content (AvgIpc) is 3.02. The Morgan fingerprint density at radius 2 is 2.10 bits per heavy atom. The molecule has 0 saturated heterocycles. The average molecular weight is 286 g/mol. The summed E-state index contributed by atoms with van der Waals surface area (Å²) in [7, 11) is 0. The Kier molecular flexibility index (Phi) is 3.65. The number of nitrogens with one attached hydrogen (secondary N) is 1. The summed E-state index contributed by atoms with van der Waals surface area (Å²) in [6.07, 6.45) is 2.40. The SMILES string of the molecule is CC(C)(C)c1nc(CNC2CCc3ccccc32)cs1. The molecule has 0 saturated carbocycles. The molecular formula is C17H22N2S. The molecule has 106 valence electrons. The summed E-state index contributed by atoms with van der Waals surface area (Å²) < 4.78 is 0. The van der Waals surface area contributed by atoms with Crippen molar-refractivity contribution in [1.29, 1.82) is 0 Å². The quantitative estimate of drug-likeness (QED) is 0.914. The molecule has 1 aliphatic rings. The number of hydrogen-bond donors (Lipinski definition) is 1. The lowest BCUT2D eigenvalue weighted by molar-refractivity contribution is 0.522. The fourth-order valence-corrected chi connectivity index (χ4v) is 3.64. The van der Waals surface area contributed by atoms with Gasteiger partial charge in [0.25, 0.3) is 0 Å². The Bertz CT molecular complexity index is 595. The maximum atomic E-state index is 4.75. The van der Waals surface area contributed by atoms with Crippen molar-refractivity contribution in [2.75, 3.05) is 0 Å². The molecule has 1 aromatic carbocycles. The molecule has 0 spiro atoms. The van der Waals surface area contributed by atoms with Crippen molar-refractivity contribution in [3.63, 3.8) is 0 Å². The summed E-state index contributed by atoms with van der Waals surface area (Å²) in [5, 5.41) is 7.08. The number of aromatic nitrogens is 1. The molecule has 20 heavy (non-hydrogen) atoms. The van der Waals surface area contributed by atoms with Crippen LogP contribution in [0.15, 0.2) is 29.6 Å². The summed E-state index contributed by atoms with van der Waals surface area (Å²) in [6.45, 7) is 7.52. The second-order valence-corrected chi connectivity index (χ2v) is 7.42. The number of hydrogen-bond acceptors (Lipinski definition) is 3. The van der Waals surface area contributed by atoms with E-state index >= 15 is 0 Å². The Hall–Kier alpha value is -1.19. The molecule has 2 nitrogen and oxygen atoms in total. The van der Waals surface area contributed by atoms with Crippen molar-refractivity contribution in [2.45, 2.75) is 51.6 Å². The van der Waals surface area contributed by atoms with E-state index in [1.54, 1.807) is 11.3 Å². The molecule has 1 unspecified atom stereocenters. The van der Waals surface area contributed by atoms with Crippen molar-refractivity contribution < 1.29 is 0 Å². The minimum atomic E-state index is 0.156. The summed E-state index contributed by atoms with van der Waals surface area (Å²) in [4.78, 5) is 4.75. The summed E-state index contributed by atoms with van der Waals surface area (Å²) in [5.74, 6) is 0. The molecule has 0 bridgehead atoms. The zero-order chi connectivity index (χ0) is 14.2. The Balaban J connectivity index is 1.65. The number of thiazole rings is 1. The zero-order valence-corrected chi connectivity index (χ0v) is 13.3. The molecule has 1 atom stereocenters. The van der Waals surface area contributed by atoms with Gasteiger partial charge in [-0.1, -0.05) is 45.0 Å². The third-order valence-electron chi connectivity index (χ3n) is 3.86. The molecule has 0 amide bonds. The van der Waals surface area contributed by atoms with E-state index in [0.717, 1.165) is 6.54 Å². The molecule has 1 heterocycles. The Morgan fingerprint density at radius 1 is 1.30 bits per heavy atom. The predicted octanol–water partition coefficient (Wildman–Crippen LogP) is 4.22. The standard InChI is InChI=1S/C17H22N2S/c1-17(2,3)16-19-13(11-20-16)10-18-15-9-8-12-6-4-5-7-14(12)15/h4-7,11,15,18H,8-10H2,1-3H3. The van der Waals surface area contributed by atoms with Gasteiger partial charge in [0.1, 0.15) is 0 Å². The van der Waals surface area contributed by atoms with Gasteiger partial charge in [-0.05, 0) is 24.0 Å². The second-order valence-electron chi connectivity index (χ2n) is 6.56. The maximum absolute atomic E-state index is 4.75. The first-order valence-corrected chi connectivity index (χ1v) is 8.18. The van der Waals surface area contributed by atoms with Crippen molar-refractivity contribution >= 4 is 11.3 Å². The minimum Gasteiger partial charge on any atom is -0.304 e. The van der Waals surface area contributed by atoms with Crippen molar-refractivity contribution in [1.82, 2.24) is 10.3 Å². The monoisotopic (exact) mass is 286 g/mol. The number of rotatable bonds is 3. The van der Waals surface area contributed by atoms with E-state index in [1.165, 1.54) is 34.7 Å². The van der Waals surface area contributed by atoms with Crippen LogP contribution < -0.4 is 5.32 Å². The highest BCUT2D eigenvalue weighted by Crippen LogP contribution is 2.31.